The van der Waals surface area contributed by atoms with Crippen LogP contribution in [-0.2, 0) is 10.0 Å². The van der Waals surface area contributed by atoms with Crippen molar-refractivity contribution in [3.05, 3.63) is 60.3 Å². The van der Waals surface area contributed by atoms with E-state index in [9.17, 15) is 13.5 Å². The Hall–Kier alpha value is -3.40. The largest absolute Gasteiger partial charge is 0.492 e. The summed E-state index contributed by atoms with van der Waals surface area (Å²) in [5.74, 6) is -0.125. The zero-order chi connectivity index (χ0) is 27.2. The fourth-order valence-electron chi connectivity index (χ4n) is 4.00. The summed E-state index contributed by atoms with van der Waals surface area (Å²) < 4.78 is 29.9. The Morgan fingerprint density at radius 3 is 2.05 bits per heavy atom. The fraction of sp³-hybridized carbons (Fsp3) is 0.464. The minimum Gasteiger partial charge on any atom is -0.492 e. The van der Waals surface area contributed by atoms with Crippen LogP contribution in [0.4, 0.5) is 11.4 Å². The molecule has 204 valence electrons. The lowest BCUT2D eigenvalue weighted by molar-refractivity contribution is 0.434. The molecular formula is C28H38N6O3S. The highest BCUT2D eigenvalue weighted by atomic mass is 32.2. The van der Waals surface area contributed by atoms with Crippen LogP contribution in [0.15, 0.2) is 79.4 Å². The van der Waals surface area contributed by atoms with Gasteiger partial charge in [0.1, 0.15) is 0 Å². The molecule has 0 atom stereocenters. The minimum atomic E-state index is -3.86. The monoisotopic (exact) mass is 538 g/mol. The van der Waals surface area contributed by atoms with Gasteiger partial charge in [-0.1, -0.05) is 87.4 Å². The van der Waals surface area contributed by atoms with Crippen molar-refractivity contribution >= 4 is 21.4 Å². The summed E-state index contributed by atoms with van der Waals surface area (Å²) in [6, 6.07) is 15.1. The predicted molar refractivity (Wildman–Crippen MR) is 149 cm³/mol. The van der Waals surface area contributed by atoms with E-state index in [2.05, 4.69) is 31.9 Å². The van der Waals surface area contributed by atoms with Gasteiger partial charge in [0, 0.05) is 0 Å². The molecule has 2 aromatic carbocycles. The summed E-state index contributed by atoms with van der Waals surface area (Å²) in [5, 5.41) is 27.0. The molecule has 0 spiro atoms. The van der Waals surface area contributed by atoms with Crippen molar-refractivity contribution in [2.24, 2.45) is 19.9 Å². The van der Waals surface area contributed by atoms with Crippen LogP contribution < -0.4 is 0 Å². The Labute approximate surface area is 225 Å². The number of hydrogen-bond acceptors (Lipinski definition) is 7. The number of sulfonamides is 1. The number of unbranched alkanes of at least 4 members (excludes halogenated alkanes) is 9. The lowest BCUT2D eigenvalue weighted by Crippen LogP contribution is -1.95. The van der Waals surface area contributed by atoms with E-state index < -0.39 is 10.0 Å². The molecule has 9 nitrogen and oxygen atoms in total. The molecule has 3 rings (SSSR count). The number of rotatable bonds is 16. The van der Waals surface area contributed by atoms with Crippen molar-refractivity contribution in [3.63, 3.8) is 0 Å². The van der Waals surface area contributed by atoms with E-state index in [1.54, 1.807) is 6.92 Å². The molecule has 1 N–H and O–H groups in total. The van der Waals surface area contributed by atoms with Gasteiger partial charge in [-0.2, -0.15) is 28.4 Å². The Bertz CT molecular complexity index is 1290. The zero-order valence-corrected chi connectivity index (χ0v) is 23.1. The summed E-state index contributed by atoms with van der Waals surface area (Å²) in [7, 11) is -3.86. The summed E-state index contributed by atoms with van der Waals surface area (Å²) >= 11 is 0. The number of para-hydroxylation sites is 1. The molecule has 1 heterocycles. The maximum atomic E-state index is 12.5. The van der Waals surface area contributed by atoms with Gasteiger partial charge in [-0.3, -0.25) is 0 Å². The van der Waals surface area contributed by atoms with E-state index in [1.807, 2.05) is 30.3 Å². The summed E-state index contributed by atoms with van der Waals surface area (Å²) in [4.78, 5) is 0.0409. The van der Waals surface area contributed by atoms with Gasteiger partial charge in [0.15, 0.2) is 5.69 Å². The molecule has 3 aromatic rings. The highest BCUT2D eigenvalue weighted by Crippen LogP contribution is 2.33. The van der Waals surface area contributed by atoms with Crippen LogP contribution in [0, 0.1) is 6.92 Å². The van der Waals surface area contributed by atoms with Crippen molar-refractivity contribution in [1.29, 1.82) is 0 Å². The average Bonchev–Trinajstić information content (AvgIpc) is 3.21. The third-order valence-electron chi connectivity index (χ3n) is 6.18. The molecule has 0 radical (unpaired) electrons. The topological polar surface area (TPSA) is 122 Å². The SMILES string of the molecule is CCCCCCCCCCCCN=NS(=O)(=O)c1ccc(/N=N/c2c(C)nn(-c3ccccc3)c2O)cc1. The average molecular weight is 539 g/mol. The normalized spacial score (nSPS) is 12.2. The Balaban J connectivity index is 1.46. The second-order valence-corrected chi connectivity index (χ2v) is 10.9. The fourth-order valence-corrected chi connectivity index (χ4v) is 4.81. The maximum absolute atomic E-state index is 12.5. The predicted octanol–water partition coefficient (Wildman–Crippen LogP) is 8.36. The number of aromatic hydroxyl groups is 1. The molecule has 38 heavy (non-hydrogen) atoms. The van der Waals surface area contributed by atoms with Crippen molar-refractivity contribution in [1.82, 2.24) is 9.78 Å². The molecule has 0 saturated carbocycles. The minimum absolute atomic E-state index is 0.0409. The first kappa shape index (κ1) is 29.2. The molecule has 0 aliphatic carbocycles. The molecule has 0 amide bonds. The lowest BCUT2D eigenvalue weighted by atomic mass is 10.1. The van der Waals surface area contributed by atoms with E-state index in [0.29, 0.717) is 23.6 Å². The first-order valence-corrected chi connectivity index (χ1v) is 14.9. The first-order valence-electron chi connectivity index (χ1n) is 13.4. The molecule has 0 bridgehead atoms. The van der Waals surface area contributed by atoms with Gasteiger partial charge >= 0.3 is 0 Å². The number of benzene rings is 2. The van der Waals surface area contributed by atoms with E-state index >= 15 is 0 Å². The van der Waals surface area contributed by atoms with Crippen molar-refractivity contribution in [3.8, 4) is 11.6 Å². The Kier molecular flexibility index (Phi) is 11.6. The van der Waals surface area contributed by atoms with Gasteiger partial charge in [-0.15, -0.1) is 5.11 Å². The molecule has 0 aliphatic rings. The van der Waals surface area contributed by atoms with Crippen LogP contribution in [-0.4, -0.2) is 29.8 Å². The van der Waals surface area contributed by atoms with Crippen LogP contribution >= 0.6 is 0 Å². The number of nitrogens with zero attached hydrogens (tertiary/aromatic N) is 6. The van der Waals surface area contributed by atoms with Crippen LogP contribution in [0.25, 0.3) is 5.69 Å². The van der Waals surface area contributed by atoms with Gasteiger partial charge in [-0.05, 0) is 49.7 Å². The van der Waals surface area contributed by atoms with E-state index in [1.165, 1.54) is 73.9 Å². The maximum Gasteiger partial charge on any atom is 0.299 e. The number of azo groups is 1. The van der Waals surface area contributed by atoms with Gasteiger partial charge in [0.05, 0.1) is 28.5 Å². The van der Waals surface area contributed by atoms with Crippen LogP contribution in [0.3, 0.4) is 0 Å². The molecule has 10 heteroatoms. The van der Waals surface area contributed by atoms with Crippen LogP contribution in [0.5, 0.6) is 5.88 Å². The zero-order valence-electron chi connectivity index (χ0n) is 22.3. The van der Waals surface area contributed by atoms with E-state index in [-0.39, 0.29) is 16.5 Å². The molecule has 1 aromatic heterocycles. The van der Waals surface area contributed by atoms with Crippen molar-refractivity contribution in [2.45, 2.75) is 83.0 Å². The standard InChI is InChI=1S/C28H38N6O3S/c1-3-4-5-6-7-8-9-10-11-15-22-29-33-38(36,37)26-20-18-24(19-21-26)30-31-27-23(2)32-34(28(27)35)25-16-13-12-14-17-25/h12-14,16-21,35H,3-11,15,22H2,1-2H3/b31-30+,33-29?. The molecule has 0 saturated heterocycles. The molecular weight excluding hydrogens is 500 g/mol. The quantitative estimate of drug-likeness (QED) is 0.145. The third-order valence-corrected chi connectivity index (χ3v) is 7.38. The van der Waals surface area contributed by atoms with Gasteiger partial charge < -0.3 is 5.11 Å². The highest BCUT2D eigenvalue weighted by molar-refractivity contribution is 7.90. The Morgan fingerprint density at radius 1 is 0.816 bits per heavy atom. The van der Waals surface area contributed by atoms with E-state index in [4.69, 9.17) is 0 Å². The molecule has 0 aliphatic heterocycles. The smallest absolute Gasteiger partial charge is 0.299 e. The number of hydrogen-bond donors (Lipinski definition) is 1. The number of aromatic nitrogens is 2. The second kappa shape index (κ2) is 15.1. The first-order chi connectivity index (χ1) is 18.4. The van der Waals surface area contributed by atoms with Crippen LogP contribution in [0.1, 0.15) is 76.8 Å². The molecule has 0 unspecified atom stereocenters. The van der Waals surface area contributed by atoms with Crippen molar-refractivity contribution < 1.29 is 13.5 Å². The van der Waals surface area contributed by atoms with Crippen LogP contribution in [0.2, 0.25) is 0 Å². The second-order valence-electron chi connectivity index (χ2n) is 9.30. The summed E-state index contributed by atoms with van der Waals surface area (Å²) in [6.45, 7) is 4.36. The van der Waals surface area contributed by atoms with Crippen molar-refractivity contribution in [2.75, 3.05) is 6.54 Å². The summed E-state index contributed by atoms with van der Waals surface area (Å²) in [5.41, 5.74) is 1.88. The van der Waals surface area contributed by atoms with Gasteiger partial charge in [0.25, 0.3) is 10.0 Å². The van der Waals surface area contributed by atoms with Gasteiger partial charge in [-0.25, -0.2) is 0 Å². The Morgan fingerprint density at radius 2 is 1.42 bits per heavy atom. The highest BCUT2D eigenvalue weighted by Gasteiger charge is 2.16. The third kappa shape index (κ3) is 8.86. The molecule has 0 fully saturated rings. The lowest BCUT2D eigenvalue weighted by Gasteiger charge is -2.01. The summed E-state index contributed by atoms with van der Waals surface area (Å²) in [6.07, 6.45) is 12.1. The number of aryl methyl sites for hydroxylation is 1. The van der Waals surface area contributed by atoms with E-state index in [0.717, 1.165) is 19.3 Å². The van der Waals surface area contributed by atoms with Gasteiger partial charge in [0.2, 0.25) is 5.88 Å².